The highest BCUT2D eigenvalue weighted by atomic mass is 32.1. The van der Waals surface area contributed by atoms with Crippen molar-refractivity contribution in [1.82, 2.24) is 15.1 Å². The van der Waals surface area contributed by atoms with E-state index in [1.165, 1.54) is 51.9 Å². The van der Waals surface area contributed by atoms with Gasteiger partial charge in [-0.05, 0) is 57.5 Å². The third kappa shape index (κ3) is 3.50. The number of rotatable bonds is 3. The summed E-state index contributed by atoms with van der Waals surface area (Å²) in [6.45, 7) is 10.6. The summed E-state index contributed by atoms with van der Waals surface area (Å²) in [6, 6.07) is 0. The first-order valence-electron chi connectivity index (χ1n) is 7.98. The van der Waals surface area contributed by atoms with Crippen LogP contribution < -0.4 is 4.90 Å². The molecular formula is C15H26N4S. The fourth-order valence-corrected chi connectivity index (χ4v) is 4.13. The van der Waals surface area contributed by atoms with E-state index in [9.17, 15) is 0 Å². The van der Waals surface area contributed by atoms with Crippen LogP contribution in [0.4, 0.5) is 5.13 Å². The van der Waals surface area contributed by atoms with Crippen molar-refractivity contribution in [2.75, 3.05) is 37.6 Å². The molecule has 112 valence electrons. The largest absolute Gasteiger partial charge is 0.346 e. The number of aromatic nitrogens is 2. The molecule has 1 aromatic rings. The third-order valence-corrected chi connectivity index (χ3v) is 5.60. The lowest BCUT2D eigenvalue weighted by Crippen LogP contribution is -2.43. The van der Waals surface area contributed by atoms with Crippen molar-refractivity contribution >= 4 is 16.5 Å². The van der Waals surface area contributed by atoms with Crippen molar-refractivity contribution in [2.45, 2.75) is 39.5 Å². The first-order chi connectivity index (χ1) is 9.70. The Morgan fingerprint density at radius 1 is 1.15 bits per heavy atom. The minimum absolute atomic E-state index is 0.807. The van der Waals surface area contributed by atoms with E-state index in [0.717, 1.165) is 28.5 Å². The number of anilines is 1. The smallest absolute Gasteiger partial charge is 0.208 e. The molecule has 0 radical (unpaired) electrons. The molecule has 4 nitrogen and oxygen atoms in total. The molecule has 2 fully saturated rings. The van der Waals surface area contributed by atoms with Crippen molar-refractivity contribution < 1.29 is 0 Å². The van der Waals surface area contributed by atoms with Crippen molar-refractivity contribution in [3.63, 3.8) is 0 Å². The molecule has 0 aliphatic carbocycles. The van der Waals surface area contributed by atoms with Crippen LogP contribution in [-0.2, 0) is 0 Å². The van der Waals surface area contributed by atoms with Gasteiger partial charge in [-0.2, -0.15) is 0 Å². The summed E-state index contributed by atoms with van der Waals surface area (Å²) in [7, 11) is 0. The molecule has 0 bridgehead atoms. The fourth-order valence-electron chi connectivity index (χ4n) is 3.41. The van der Waals surface area contributed by atoms with Crippen molar-refractivity contribution in [2.24, 2.45) is 11.8 Å². The van der Waals surface area contributed by atoms with E-state index < -0.39 is 0 Å². The molecule has 2 aliphatic heterocycles. The third-order valence-electron chi connectivity index (χ3n) is 4.70. The Labute approximate surface area is 126 Å². The predicted octanol–water partition coefficient (Wildman–Crippen LogP) is 2.79. The van der Waals surface area contributed by atoms with E-state index in [4.69, 9.17) is 0 Å². The normalized spacial score (nSPS) is 26.1. The second-order valence-corrected chi connectivity index (χ2v) is 7.70. The van der Waals surface area contributed by atoms with Gasteiger partial charge in [0.1, 0.15) is 5.01 Å². The molecule has 0 amide bonds. The number of likely N-dealkylation sites (tertiary alicyclic amines) is 1. The molecule has 1 atom stereocenters. The van der Waals surface area contributed by atoms with Gasteiger partial charge in [-0.3, -0.25) is 0 Å². The fraction of sp³-hybridized carbons (Fsp3) is 0.867. The molecule has 0 spiro atoms. The Bertz CT molecular complexity index is 425. The van der Waals surface area contributed by atoms with E-state index in [1.807, 2.05) is 6.92 Å². The van der Waals surface area contributed by atoms with E-state index in [0.29, 0.717) is 0 Å². The van der Waals surface area contributed by atoms with Gasteiger partial charge in [-0.15, -0.1) is 10.2 Å². The van der Waals surface area contributed by atoms with Crippen LogP contribution in [0.15, 0.2) is 0 Å². The van der Waals surface area contributed by atoms with E-state index >= 15 is 0 Å². The van der Waals surface area contributed by atoms with Gasteiger partial charge in [0.2, 0.25) is 5.13 Å². The van der Waals surface area contributed by atoms with Crippen molar-refractivity contribution in [1.29, 1.82) is 0 Å². The first-order valence-corrected chi connectivity index (χ1v) is 8.80. The average molecular weight is 294 g/mol. The van der Waals surface area contributed by atoms with Gasteiger partial charge >= 0.3 is 0 Å². The molecule has 5 heteroatoms. The summed E-state index contributed by atoms with van der Waals surface area (Å²) in [5.74, 6) is 1.74. The summed E-state index contributed by atoms with van der Waals surface area (Å²) in [5.41, 5.74) is 0. The van der Waals surface area contributed by atoms with Gasteiger partial charge in [0, 0.05) is 19.6 Å². The second-order valence-electron chi connectivity index (χ2n) is 6.54. The van der Waals surface area contributed by atoms with Gasteiger partial charge in [0.05, 0.1) is 0 Å². The van der Waals surface area contributed by atoms with Crippen LogP contribution in [0.3, 0.4) is 0 Å². The Morgan fingerprint density at radius 3 is 2.65 bits per heavy atom. The van der Waals surface area contributed by atoms with Crippen molar-refractivity contribution in [3.8, 4) is 0 Å². The van der Waals surface area contributed by atoms with Crippen LogP contribution in [-0.4, -0.2) is 47.8 Å². The van der Waals surface area contributed by atoms with Crippen molar-refractivity contribution in [3.05, 3.63) is 5.01 Å². The first kappa shape index (κ1) is 14.3. The molecule has 1 aromatic heterocycles. The lowest BCUT2D eigenvalue weighted by atomic mass is 9.94. The van der Waals surface area contributed by atoms with Gasteiger partial charge in [-0.25, -0.2) is 0 Å². The number of nitrogens with zero attached hydrogens (tertiary/aromatic N) is 4. The zero-order chi connectivity index (χ0) is 13.9. The van der Waals surface area contributed by atoms with Gasteiger partial charge in [0.15, 0.2) is 0 Å². The average Bonchev–Trinajstić information content (AvgIpc) is 2.89. The minimum Gasteiger partial charge on any atom is -0.346 e. The maximum Gasteiger partial charge on any atom is 0.208 e. The molecule has 0 N–H and O–H groups in total. The summed E-state index contributed by atoms with van der Waals surface area (Å²) in [5, 5.41) is 10.7. The number of hydrogen-bond acceptors (Lipinski definition) is 5. The Kier molecular flexibility index (Phi) is 4.56. The molecule has 0 unspecified atom stereocenters. The molecule has 2 aliphatic rings. The van der Waals surface area contributed by atoms with E-state index in [1.54, 1.807) is 11.3 Å². The zero-order valence-corrected chi connectivity index (χ0v) is 13.5. The SMILES string of the molecule is Cc1nnc(N2CCC[C@@H](CN3CCC(C)CC3)C2)s1. The van der Waals surface area contributed by atoms with Crippen LogP contribution in [0.2, 0.25) is 0 Å². The Balaban J connectivity index is 1.53. The molecule has 20 heavy (non-hydrogen) atoms. The summed E-state index contributed by atoms with van der Waals surface area (Å²) in [4.78, 5) is 5.13. The molecular weight excluding hydrogens is 268 g/mol. The standard InChI is InChI=1S/C15H26N4S/c1-12-5-8-18(9-6-12)10-14-4-3-7-19(11-14)15-17-16-13(2)20-15/h12,14H,3-11H2,1-2H3/t14-/m0/s1. The monoisotopic (exact) mass is 294 g/mol. The van der Waals surface area contributed by atoms with Crippen LogP contribution >= 0.6 is 11.3 Å². The van der Waals surface area contributed by atoms with E-state index in [2.05, 4.69) is 26.9 Å². The molecule has 3 heterocycles. The van der Waals surface area contributed by atoms with Crippen LogP contribution in [0.25, 0.3) is 0 Å². The summed E-state index contributed by atoms with van der Waals surface area (Å²) < 4.78 is 0. The Hall–Kier alpha value is -0.680. The van der Waals surface area contributed by atoms with Gasteiger partial charge < -0.3 is 9.80 Å². The molecule has 0 saturated carbocycles. The second kappa shape index (κ2) is 6.39. The summed E-state index contributed by atoms with van der Waals surface area (Å²) in [6.07, 6.45) is 5.44. The lowest BCUT2D eigenvalue weighted by Gasteiger charge is -2.37. The molecule has 0 aromatic carbocycles. The Morgan fingerprint density at radius 2 is 1.95 bits per heavy atom. The van der Waals surface area contributed by atoms with Crippen LogP contribution in [0.5, 0.6) is 0 Å². The van der Waals surface area contributed by atoms with Gasteiger partial charge in [-0.1, -0.05) is 18.3 Å². The highest BCUT2D eigenvalue weighted by Gasteiger charge is 2.25. The lowest BCUT2D eigenvalue weighted by molar-refractivity contribution is 0.159. The van der Waals surface area contributed by atoms with Crippen LogP contribution in [0, 0.1) is 18.8 Å². The maximum absolute atomic E-state index is 4.31. The highest BCUT2D eigenvalue weighted by Crippen LogP contribution is 2.27. The van der Waals surface area contributed by atoms with Gasteiger partial charge in [0.25, 0.3) is 0 Å². The minimum atomic E-state index is 0.807. The quantitative estimate of drug-likeness (QED) is 0.858. The van der Waals surface area contributed by atoms with Crippen LogP contribution in [0.1, 0.15) is 37.6 Å². The molecule has 2 saturated heterocycles. The topological polar surface area (TPSA) is 32.3 Å². The maximum atomic E-state index is 4.31. The highest BCUT2D eigenvalue weighted by molar-refractivity contribution is 7.15. The van der Waals surface area contributed by atoms with E-state index in [-0.39, 0.29) is 0 Å². The predicted molar refractivity (Wildman–Crippen MR) is 84.4 cm³/mol. The number of piperidine rings is 2. The number of aryl methyl sites for hydroxylation is 1. The number of hydrogen-bond donors (Lipinski definition) is 0. The zero-order valence-electron chi connectivity index (χ0n) is 12.7. The summed E-state index contributed by atoms with van der Waals surface area (Å²) >= 11 is 1.73. The molecule has 3 rings (SSSR count).